The van der Waals surface area contributed by atoms with Crippen LogP contribution < -0.4 is 16.0 Å². The van der Waals surface area contributed by atoms with Crippen LogP contribution in [0.3, 0.4) is 0 Å². The number of carbonyl (C=O) groups is 1. The van der Waals surface area contributed by atoms with Gasteiger partial charge in [0, 0.05) is 73.8 Å². The molecule has 7 nitrogen and oxygen atoms in total. The molecule has 174 valence electrons. The molecule has 1 fully saturated rings. The van der Waals surface area contributed by atoms with Gasteiger partial charge in [-0.15, -0.1) is 11.3 Å². The Morgan fingerprint density at radius 1 is 1.06 bits per heavy atom. The van der Waals surface area contributed by atoms with Crippen LogP contribution in [-0.4, -0.2) is 47.0 Å². The lowest BCUT2D eigenvalue weighted by Gasteiger charge is -2.35. The number of nitrogen functional groups attached to an aromatic ring is 1. The summed E-state index contributed by atoms with van der Waals surface area (Å²) in [5, 5.41) is 5.02. The average molecular weight is 473 g/mol. The van der Waals surface area contributed by atoms with E-state index in [-0.39, 0.29) is 5.91 Å². The van der Waals surface area contributed by atoms with Gasteiger partial charge in [0.1, 0.15) is 5.82 Å². The zero-order valence-electron chi connectivity index (χ0n) is 19.2. The van der Waals surface area contributed by atoms with Crippen LogP contribution in [0.4, 0.5) is 11.5 Å². The molecular formula is C26H28N6OS. The van der Waals surface area contributed by atoms with E-state index in [9.17, 15) is 4.79 Å². The number of benzene rings is 1. The van der Waals surface area contributed by atoms with Crippen molar-refractivity contribution in [3.8, 4) is 0 Å². The predicted octanol–water partition coefficient (Wildman–Crippen LogP) is 3.83. The molecule has 0 spiro atoms. The van der Waals surface area contributed by atoms with Gasteiger partial charge in [0.2, 0.25) is 0 Å². The van der Waals surface area contributed by atoms with Gasteiger partial charge in [0.25, 0.3) is 5.91 Å². The minimum atomic E-state index is -0.0313. The van der Waals surface area contributed by atoms with E-state index in [0.717, 1.165) is 53.9 Å². The van der Waals surface area contributed by atoms with Gasteiger partial charge >= 0.3 is 0 Å². The molecule has 8 heteroatoms. The fourth-order valence-electron chi connectivity index (χ4n) is 4.34. The first-order valence-electron chi connectivity index (χ1n) is 11.4. The number of nitrogens with zero attached hydrogens (tertiary/aromatic N) is 4. The molecule has 1 amide bonds. The number of thiophene rings is 1. The number of fused-ring (bicyclic) bond motifs is 1. The number of hydrogen-bond acceptors (Lipinski definition) is 7. The second-order valence-corrected chi connectivity index (χ2v) is 9.76. The van der Waals surface area contributed by atoms with E-state index >= 15 is 0 Å². The third-order valence-electron chi connectivity index (χ3n) is 6.32. The number of hydrogen-bond donors (Lipinski definition) is 2. The Kier molecular flexibility index (Phi) is 6.42. The highest BCUT2D eigenvalue weighted by molar-refractivity contribution is 7.14. The van der Waals surface area contributed by atoms with E-state index in [4.69, 9.17) is 5.73 Å². The molecule has 1 aliphatic heterocycles. The minimum Gasteiger partial charge on any atom is -0.383 e. The molecule has 1 aromatic carbocycles. The van der Waals surface area contributed by atoms with Crippen LogP contribution in [0.2, 0.25) is 0 Å². The molecule has 34 heavy (non-hydrogen) atoms. The van der Waals surface area contributed by atoms with Crippen LogP contribution in [0.25, 0.3) is 10.8 Å². The number of nitrogens with two attached hydrogens (primary N) is 1. The summed E-state index contributed by atoms with van der Waals surface area (Å²) in [6.45, 7) is 7.45. The van der Waals surface area contributed by atoms with Crippen LogP contribution in [0, 0.1) is 6.92 Å². The van der Waals surface area contributed by atoms with Gasteiger partial charge in [-0.3, -0.25) is 14.7 Å². The first-order valence-corrected chi connectivity index (χ1v) is 12.3. The van der Waals surface area contributed by atoms with Crippen LogP contribution in [0.5, 0.6) is 0 Å². The summed E-state index contributed by atoms with van der Waals surface area (Å²) in [5.41, 5.74) is 9.38. The third kappa shape index (κ3) is 4.88. The van der Waals surface area contributed by atoms with E-state index in [0.29, 0.717) is 12.4 Å². The Balaban J connectivity index is 1.17. The number of aryl methyl sites for hydroxylation is 1. The smallest absolute Gasteiger partial charge is 0.261 e. The number of carbonyl (C=O) groups excluding carboxylic acids is 1. The maximum absolute atomic E-state index is 12.8. The summed E-state index contributed by atoms with van der Waals surface area (Å²) in [5.74, 6) is 0.490. The number of piperazine rings is 1. The highest BCUT2D eigenvalue weighted by Gasteiger charge is 2.20. The lowest BCUT2D eigenvalue weighted by atomic mass is 10.1. The SMILES string of the molecule is Cc1cc(C(=O)NCc2ccc3c(N)nccc3c2)sc1CN1CCN(c2ccncc2)CC1. The number of nitrogens with one attached hydrogen (secondary N) is 1. The molecule has 0 atom stereocenters. The van der Waals surface area contributed by atoms with Crippen molar-refractivity contribution in [2.45, 2.75) is 20.0 Å². The summed E-state index contributed by atoms with van der Waals surface area (Å²) in [6.07, 6.45) is 5.39. The molecule has 4 aromatic rings. The number of pyridine rings is 2. The average Bonchev–Trinajstić information content (AvgIpc) is 3.23. The molecule has 5 rings (SSSR count). The number of anilines is 2. The summed E-state index contributed by atoms with van der Waals surface area (Å²) in [4.78, 5) is 28.0. The van der Waals surface area contributed by atoms with Gasteiger partial charge in [-0.05, 0) is 53.8 Å². The normalized spacial score (nSPS) is 14.4. The largest absolute Gasteiger partial charge is 0.383 e. The lowest BCUT2D eigenvalue weighted by molar-refractivity contribution is 0.0955. The highest BCUT2D eigenvalue weighted by atomic mass is 32.1. The molecule has 0 saturated carbocycles. The van der Waals surface area contributed by atoms with E-state index in [1.807, 2.05) is 42.7 Å². The van der Waals surface area contributed by atoms with Gasteiger partial charge < -0.3 is 16.0 Å². The molecule has 0 radical (unpaired) electrons. The van der Waals surface area contributed by atoms with Crippen molar-refractivity contribution < 1.29 is 4.79 Å². The molecule has 0 aliphatic carbocycles. The number of amides is 1. The van der Waals surface area contributed by atoms with E-state index < -0.39 is 0 Å². The van der Waals surface area contributed by atoms with Crippen LogP contribution >= 0.6 is 11.3 Å². The molecule has 1 saturated heterocycles. The van der Waals surface area contributed by atoms with E-state index in [2.05, 4.69) is 44.1 Å². The van der Waals surface area contributed by atoms with E-state index in [1.165, 1.54) is 16.1 Å². The van der Waals surface area contributed by atoms with Crippen molar-refractivity contribution >= 4 is 39.5 Å². The van der Waals surface area contributed by atoms with Gasteiger partial charge in [-0.25, -0.2) is 4.98 Å². The second-order valence-electron chi connectivity index (χ2n) is 8.62. The maximum atomic E-state index is 12.8. The first-order chi connectivity index (χ1) is 16.6. The standard InChI is InChI=1S/C26H28N6OS/c1-18-14-23(26(33)30-16-19-2-3-22-20(15-19)4-9-29-25(22)27)34-24(18)17-31-10-12-32(13-11-31)21-5-7-28-8-6-21/h2-9,14-15H,10-13,16-17H2,1H3,(H2,27,29)(H,30,33). The molecule has 4 heterocycles. The number of aromatic nitrogens is 2. The number of rotatable bonds is 6. The zero-order valence-corrected chi connectivity index (χ0v) is 20.0. The third-order valence-corrected chi connectivity index (χ3v) is 7.55. The van der Waals surface area contributed by atoms with Crippen LogP contribution in [-0.2, 0) is 13.1 Å². The predicted molar refractivity (Wildman–Crippen MR) is 138 cm³/mol. The quantitative estimate of drug-likeness (QED) is 0.443. The van der Waals surface area contributed by atoms with Gasteiger partial charge in [-0.1, -0.05) is 12.1 Å². The molecule has 3 N–H and O–H groups in total. The van der Waals surface area contributed by atoms with Gasteiger partial charge in [-0.2, -0.15) is 0 Å². The van der Waals surface area contributed by atoms with Crippen molar-refractivity contribution in [3.05, 3.63) is 81.9 Å². The molecule has 1 aliphatic rings. The summed E-state index contributed by atoms with van der Waals surface area (Å²) >= 11 is 1.60. The summed E-state index contributed by atoms with van der Waals surface area (Å²) in [6, 6.07) is 14.1. The monoisotopic (exact) mass is 472 g/mol. The van der Waals surface area contributed by atoms with Crippen LogP contribution in [0.1, 0.15) is 25.7 Å². The Morgan fingerprint density at radius 2 is 1.85 bits per heavy atom. The Morgan fingerprint density at radius 3 is 2.65 bits per heavy atom. The Hall–Kier alpha value is -3.49. The van der Waals surface area contributed by atoms with Crippen molar-refractivity contribution in [2.75, 3.05) is 36.8 Å². The molecular weight excluding hydrogens is 444 g/mol. The summed E-state index contributed by atoms with van der Waals surface area (Å²) < 4.78 is 0. The summed E-state index contributed by atoms with van der Waals surface area (Å²) in [7, 11) is 0. The fraction of sp³-hybridized carbons (Fsp3) is 0.269. The van der Waals surface area contributed by atoms with Crippen molar-refractivity contribution in [1.29, 1.82) is 0 Å². The molecule has 0 bridgehead atoms. The van der Waals surface area contributed by atoms with Gasteiger partial charge in [0.05, 0.1) is 4.88 Å². The molecule has 0 unspecified atom stereocenters. The maximum Gasteiger partial charge on any atom is 0.261 e. The van der Waals surface area contributed by atoms with E-state index in [1.54, 1.807) is 17.5 Å². The Bertz CT molecular complexity index is 1300. The second kappa shape index (κ2) is 9.79. The van der Waals surface area contributed by atoms with Crippen LogP contribution in [0.15, 0.2) is 61.1 Å². The van der Waals surface area contributed by atoms with Crippen molar-refractivity contribution in [1.82, 2.24) is 20.2 Å². The lowest BCUT2D eigenvalue weighted by Crippen LogP contribution is -2.45. The first kappa shape index (κ1) is 22.3. The highest BCUT2D eigenvalue weighted by Crippen LogP contribution is 2.25. The van der Waals surface area contributed by atoms with Crippen molar-refractivity contribution in [2.24, 2.45) is 0 Å². The zero-order chi connectivity index (χ0) is 23.5. The van der Waals surface area contributed by atoms with Gasteiger partial charge in [0.15, 0.2) is 0 Å². The topological polar surface area (TPSA) is 87.4 Å². The Labute approximate surface area is 203 Å². The fourth-order valence-corrected chi connectivity index (χ4v) is 5.47. The minimum absolute atomic E-state index is 0.0313. The molecule has 3 aromatic heterocycles. The van der Waals surface area contributed by atoms with Crippen molar-refractivity contribution in [3.63, 3.8) is 0 Å².